The fourth-order valence-electron chi connectivity index (χ4n) is 4.19. The Morgan fingerprint density at radius 3 is 2.67 bits per heavy atom. The molecule has 1 atom stereocenters. The normalized spacial score (nSPS) is 22.6. The molecule has 2 aromatic rings. The van der Waals surface area contributed by atoms with Crippen molar-refractivity contribution >= 4 is 17.5 Å². The van der Waals surface area contributed by atoms with Crippen LogP contribution in [0.15, 0.2) is 28.8 Å². The smallest absolute Gasteiger partial charge is 0.242 e. The lowest BCUT2D eigenvalue weighted by Gasteiger charge is -2.39. The highest BCUT2D eigenvalue weighted by Gasteiger charge is 2.40. The Morgan fingerprint density at radius 2 is 1.93 bits per heavy atom. The number of aromatic nitrogens is 2. The molecule has 1 aromatic carbocycles. The number of likely N-dealkylation sites (tertiary alicyclic amines) is 1. The summed E-state index contributed by atoms with van der Waals surface area (Å²) in [7, 11) is 0. The van der Waals surface area contributed by atoms with E-state index in [1.807, 2.05) is 17.0 Å². The zero-order valence-corrected chi connectivity index (χ0v) is 16.1. The third kappa shape index (κ3) is 3.87. The minimum atomic E-state index is -0.691. The molecule has 1 aromatic heterocycles. The Labute approximate surface area is 164 Å². The second-order valence-electron chi connectivity index (χ2n) is 7.77. The minimum Gasteiger partial charge on any atom is -0.340 e. The van der Waals surface area contributed by atoms with E-state index in [0.717, 1.165) is 50.6 Å². The van der Waals surface area contributed by atoms with E-state index in [0.29, 0.717) is 23.3 Å². The summed E-state index contributed by atoms with van der Waals surface area (Å²) < 4.78 is 5.52. The SMILES string of the molecule is NC1(C(=O)N2CCCC(c3nc(-c4ccc(Cl)cc4)no3)C2)CCCCC1. The van der Waals surface area contributed by atoms with Crippen LogP contribution in [0.25, 0.3) is 11.4 Å². The maximum atomic E-state index is 13.0. The van der Waals surface area contributed by atoms with Gasteiger partial charge in [-0.15, -0.1) is 0 Å². The minimum absolute atomic E-state index is 0.0587. The van der Waals surface area contributed by atoms with Crippen LogP contribution in [-0.4, -0.2) is 39.6 Å². The summed E-state index contributed by atoms with van der Waals surface area (Å²) in [6, 6.07) is 7.35. The number of amides is 1. The van der Waals surface area contributed by atoms with Gasteiger partial charge in [-0.05, 0) is 49.9 Å². The van der Waals surface area contributed by atoms with Crippen LogP contribution >= 0.6 is 11.6 Å². The highest BCUT2D eigenvalue weighted by Crippen LogP contribution is 2.32. The second-order valence-corrected chi connectivity index (χ2v) is 8.21. The lowest BCUT2D eigenvalue weighted by atomic mass is 9.81. The van der Waals surface area contributed by atoms with Crippen molar-refractivity contribution in [3.05, 3.63) is 35.2 Å². The first kappa shape index (κ1) is 18.4. The molecule has 0 radical (unpaired) electrons. The first-order valence-electron chi connectivity index (χ1n) is 9.73. The first-order chi connectivity index (χ1) is 13.0. The van der Waals surface area contributed by atoms with E-state index in [-0.39, 0.29) is 11.8 Å². The van der Waals surface area contributed by atoms with Gasteiger partial charge in [0, 0.05) is 23.7 Å². The maximum Gasteiger partial charge on any atom is 0.242 e. The molecular weight excluding hydrogens is 364 g/mol. The van der Waals surface area contributed by atoms with Crippen LogP contribution in [0.5, 0.6) is 0 Å². The van der Waals surface area contributed by atoms with Gasteiger partial charge in [0.15, 0.2) is 0 Å². The summed E-state index contributed by atoms with van der Waals surface area (Å²) >= 11 is 5.94. The van der Waals surface area contributed by atoms with E-state index in [4.69, 9.17) is 21.9 Å². The highest BCUT2D eigenvalue weighted by atomic mass is 35.5. The number of carbonyl (C=O) groups excluding carboxylic acids is 1. The zero-order chi connectivity index (χ0) is 18.9. The summed E-state index contributed by atoms with van der Waals surface area (Å²) in [4.78, 5) is 19.5. The average molecular weight is 389 g/mol. The second kappa shape index (κ2) is 7.60. The van der Waals surface area contributed by atoms with E-state index in [1.165, 1.54) is 6.42 Å². The third-order valence-electron chi connectivity index (χ3n) is 5.77. The fourth-order valence-corrected chi connectivity index (χ4v) is 4.32. The molecule has 1 amide bonds. The highest BCUT2D eigenvalue weighted by molar-refractivity contribution is 6.30. The van der Waals surface area contributed by atoms with Crippen molar-refractivity contribution in [2.24, 2.45) is 5.73 Å². The topological polar surface area (TPSA) is 85.3 Å². The average Bonchev–Trinajstić information content (AvgIpc) is 3.19. The van der Waals surface area contributed by atoms with Gasteiger partial charge in [-0.3, -0.25) is 4.79 Å². The fraction of sp³-hybridized carbons (Fsp3) is 0.550. The molecule has 1 saturated heterocycles. The van der Waals surface area contributed by atoms with Crippen molar-refractivity contribution in [1.29, 1.82) is 0 Å². The summed E-state index contributed by atoms with van der Waals surface area (Å²) in [5, 5.41) is 4.78. The molecule has 4 rings (SSSR count). The number of piperidine rings is 1. The lowest BCUT2D eigenvalue weighted by molar-refractivity contribution is -0.139. The largest absolute Gasteiger partial charge is 0.340 e. The van der Waals surface area contributed by atoms with Crippen molar-refractivity contribution < 1.29 is 9.32 Å². The molecule has 1 unspecified atom stereocenters. The number of rotatable bonds is 3. The summed E-state index contributed by atoms with van der Waals surface area (Å²) in [5.41, 5.74) is 6.63. The molecule has 2 aliphatic rings. The van der Waals surface area contributed by atoms with Gasteiger partial charge in [-0.1, -0.05) is 36.0 Å². The van der Waals surface area contributed by atoms with Crippen LogP contribution in [-0.2, 0) is 4.79 Å². The quantitative estimate of drug-likeness (QED) is 0.865. The molecular formula is C20H25ClN4O2. The van der Waals surface area contributed by atoms with Gasteiger partial charge in [0.25, 0.3) is 0 Å². The Morgan fingerprint density at radius 1 is 1.19 bits per heavy atom. The van der Waals surface area contributed by atoms with Gasteiger partial charge in [-0.25, -0.2) is 0 Å². The van der Waals surface area contributed by atoms with Crippen molar-refractivity contribution in [3.8, 4) is 11.4 Å². The van der Waals surface area contributed by atoms with Gasteiger partial charge in [0.2, 0.25) is 17.6 Å². The predicted octanol–water partition coefficient (Wildman–Crippen LogP) is 3.76. The molecule has 27 heavy (non-hydrogen) atoms. The molecule has 0 spiro atoms. The van der Waals surface area contributed by atoms with Crippen molar-refractivity contribution in [2.45, 2.75) is 56.4 Å². The van der Waals surface area contributed by atoms with Crippen LogP contribution in [0, 0.1) is 0 Å². The van der Waals surface area contributed by atoms with E-state index >= 15 is 0 Å². The molecule has 2 heterocycles. The van der Waals surface area contributed by atoms with Crippen LogP contribution in [0.1, 0.15) is 56.8 Å². The summed E-state index contributed by atoms with van der Waals surface area (Å²) in [5.74, 6) is 1.28. The molecule has 2 fully saturated rings. The van der Waals surface area contributed by atoms with Crippen molar-refractivity contribution in [3.63, 3.8) is 0 Å². The van der Waals surface area contributed by atoms with E-state index in [1.54, 1.807) is 12.1 Å². The number of halogens is 1. The van der Waals surface area contributed by atoms with E-state index < -0.39 is 5.54 Å². The third-order valence-corrected chi connectivity index (χ3v) is 6.03. The Hall–Kier alpha value is -1.92. The molecule has 1 aliphatic carbocycles. The first-order valence-corrected chi connectivity index (χ1v) is 10.1. The Kier molecular flexibility index (Phi) is 5.19. The zero-order valence-electron chi connectivity index (χ0n) is 15.4. The number of hydrogen-bond acceptors (Lipinski definition) is 5. The van der Waals surface area contributed by atoms with Crippen LogP contribution in [0.2, 0.25) is 5.02 Å². The van der Waals surface area contributed by atoms with Gasteiger partial charge in [0.1, 0.15) is 0 Å². The van der Waals surface area contributed by atoms with Crippen LogP contribution in [0.4, 0.5) is 0 Å². The molecule has 1 aliphatic heterocycles. The predicted molar refractivity (Wildman–Crippen MR) is 103 cm³/mol. The molecule has 1 saturated carbocycles. The molecule has 2 N–H and O–H groups in total. The summed E-state index contributed by atoms with van der Waals surface area (Å²) in [6.07, 6.45) is 6.67. The van der Waals surface area contributed by atoms with Gasteiger partial charge in [0.05, 0.1) is 11.5 Å². The maximum absolute atomic E-state index is 13.0. The molecule has 7 heteroatoms. The number of hydrogen-bond donors (Lipinski definition) is 1. The van der Waals surface area contributed by atoms with Gasteiger partial charge < -0.3 is 15.2 Å². The number of nitrogens with zero attached hydrogens (tertiary/aromatic N) is 3. The van der Waals surface area contributed by atoms with E-state index in [2.05, 4.69) is 10.1 Å². The van der Waals surface area contributed by atoms with Crippen LogP contribution in [0.3, 0.4) is 0 Å². The molecule has 6 nitrogen and oxygen atoms in total. The van der Waals surface area contributed by atoms with Crippen LogP contribution < -0.4 is 5.73 Å². The summed E-state index contributed by atoms with van der Waals surface area (Å²) in [6.45, 7) is 1.35. The van der Waals surface area contributed by atoms with Crippen molar-refractivity contribution in [1.82, 2.24) is 15.0 Å². The Bertz CT molecular complexity index is 799. The molecule has 0 bridgehead atoms. The Balaban J connectivity index is 1.47. The van der Waals surface area contributed by atoms with Gasteiger partial charge >= 0.3 is 0 Å². The van der Waals surface area contributed by atoms with E-state index in [9.17, 15) is 4.79 Å². The monoisotopic (exact) mass is 388 g/mol. The lowest BCUT2D eigenvalue weighted by Crippen LogP contribution is -2.57. The number of carbonyl (C=O) groups is 1. The standard InChI is InChI=1S/C20H25ClN4O2/c21-16-8-6-14(7-9-16)17-23-18(27-24-17)15-5-4-12-25(13-15)19(26)20(22)10-2-1-3-11-20/h6-9,15H,1-5,10-13,22H2. The van der Waals surface area contributed by atoms with Gasteiger partial charge in [-0.2, -0.15) is 4.98 Å². The van der Waals surface area contributed by atoms with Crippen molar-refractivity contribution in [2.75, 3.05) is 13.1 Å². The number of nitrogens with two attached hydrogens (primary N) is 1. The molecule has 144 valence electrons. The number of benzene rings is 1.